The summed E-state index contributed by atoms with van der Waals surface area (Å²) in [5.74, 6) is 0.597. The average molecular weight is 451 g/mol. The third-order valence-electron chi connectivity index (χ3n) is 4.66. The van der Waals surface area contributed by atoms with E-state index in [-0.39, 0.29) is 23.1 Å². The van der Waals surface area contributed by atoms with E-state index in [4.69, 9.17) is 16.6 Å². The summed E-state index contributed by atoms with van der Waals surface area (Å²) in [4.78, 5) is 24.8. The second-order valence-corrected chi connectivity index (χ2v) is 10.5. The largest absolute Gasteiger partial charge is 0.457 e. The minimum Gasteiger partial charge on any atom is -0.457 e. The van der Waals surface area contributed by atoms with Gasteiger partial charge in [-0.15, -0.1) is 0 Å². The zero-order valence-corrected chi connectivity index (χ0v) is 17.3. The summed E-state index contributed by atoms with van der Waals surface area (Å²) in [7, 11) is -3.13. The highest BCUT2D eigenvalue weighted by atomic mass is 32.2. The Morgan fingerprint density at radius 3 is 2.59 bits per heavy atom. The van der Waals surface area contributed by atoms with Crippen LogP contribution in [0.25, 0.3) is 17.4 Å². The number of hydrogen-bond donors (Lipinski definition) is 0. The fraction of sp³-hybridized carbons (Fsp3) is 0.222. The molecule has 2 aliphatic rings. The number of carbonyl (C=O) groups excluding carboxylic acids is 1. The number of furan rings is 1. The van der Waals surface area contributed by atoms with E-state index in [0.717, 1.165) is 11.8 Å². The van der Waals surface area contributed by atoms with E-state index < -0.39 is 20.8 Å². The van der Waals surface area contributed by atoms with Gasteiger partial charge in [0.05, 0.1) is 27.4 Å². The van der Waals surface area contributed by atoms with Crippen molar-refractivity contribution in [2.75, 3.05) is 11.5 Å². The van der Waals surface area contributed by atoms with Gasteiger partial charge in [-0.1, -0.05) is 24.0 Å². The van der Waals surface area contributed by atoms with Crippen molar-refractivity contribution in [1.82, 2.24) is 4.90 Å². The molecule has 2 aromatic rings. The molecule has 150 valence electrons. The van der Waals surface area contributed by atoms with E-state index in [0.29, 0.717) is 32.7 Å². The maximum Gasteiger partial charge on any atom is 0.269 e. The molecule has 0 radical (unpaired) electrons. The molecular formula is C18H14N2O6S3. The number of amides is 1. The van der Waals surface area contributed by atoms with Crippen LogP contribution in [0.4, 0.5) is 5.69 Å². The van der Waals surface area contributed by atoms with E-state index in [2.05, 4.69) is 0 Å². The van der Waals surface area contributed by atoms with Crippen molar-refractivity contribution in [3.8, 4) is 11.3 Å². The molecule has 4 rings (SSSR count). The number of non-ortho nitro benzene ring substituents is 1. The third kappa shape index (κ3) is 3.98. The number of nitro benzene ring substituents is 1. The first-order valence-electron chi connectivity index (χ1n) is 8.56. The molecule has 8 nitrogen and oxygen atoms in total. The normalized spacial score (nSPS) is 22.6. The van der Waals surface area contributed by atoms with Gasteiger partial charge >= 0.3 is 0 Å². The lowest BCUT2D eigenvalue weighted by Gasteiger charge is -2.20. The lowest BCUT2D eigenvalue weighted by molar-refractivity contribution is -0.384. The number of thiocarbonyl (C=S) groups is 1. The molecule has 1 atom stereocenters. The maximum absolute atomic E-state index is 12.7. The number of nitrogens with zero attached hydrogens (tertiary/aromatic N) is 2. The van der Waals surface area contributed by atoms with Gasteiger partial charge in [-0.05, 0) is 30.7 Å². The molecule has 2 aliphatic heterocycles. The molecule has 2 fully saturated rings. The average Bonchev–Trinajstić information content (AvgIpc) is 3.34. The quantitative estimate of drug-likeness (QED) is 0.302. The topological polar surface area (TPSA) is 111 Å². The first kappa shape index (κ1) is 19.8. The van der Waals surface area contributed by atoms with Crippen LogP contribution in [0.1, 0.15) is 12.2 Å². The molecule has 0 N–H and O–H groups in total. The molecule has 29 heavy (non-hydrogen) atoms. The second-order valence-electron chi connectivity index (χ2n) is 6.61. The van der Waals surface area contributed by atoms with Crippen LogP contribution >= 0.6 is 24.0 Å². The lowest BCUT2D eigenvalue weighted by Crippen LogP contribution is -2.39. The van der Waals surface area contributed by atoms with Gasteiger partial charge in [-0.25, -0.2) is 8.42 Å². The summed E-state index contributed by atoms with van der Waals surface area (Å²) >= 11 is 6.40. The van der Waals surface area contributed by atoms with Crippen molar-refractivity contribution in [1.29, 1.82) is 0 Å². The van der Waals surface area contributed by atoms with E-state index in [1.54, 1.807) is 30.3 Å². The number of sulfone groups is 1. The first-order valence-corrected chi connectivity index (χ1v) is 11.6. The van der Waals surface area contributed by atoms with Gasteiger partial charge < -0.3 is 4.42 Å². The van der Waals surface area contributed by atoms with Gasteiger partial charge in [0.15, 0.2) is 9.84 Å². The molecule has 1 aromatic carbocycles. The molecule has 11 heteroatoms. The van der Waals surface area contributed by atoms with Crippen LogP contribution in [-0.2, 0) is 14.6 Å². The lowest BCUT2D eigenvalue weighted by atomic mass is 10.1. The van der Waals surface area contributed by atoms with Crippen molar-refractivity contribution in [3.63, 3.8) is 0 Å². The van der Waals surface area contributed by atoms with E-state index in [1.165, 1.54) is 17.0 Å². The number of carbonyl (C=O) groups is 1. The molecule has 0 spiro atoms. The Labute approximate surface area is 175 Å². The molecule has 0 bridgehead atoms. The number of benzene rings is 1. The molecular weight excluding hydrogens is 436 g/mol. The molecule has 3 heterocycles. The van der Waals surface area contributed by atoms with Crippen LogP contribution in [0.2, 0.25) is 0 Å². The zero-order chi connectivity index (χ0) is 20.8. The van der Waals surface area contributed by atoms with E-state index >= 15 is 0 Å². The Balaban J connectivity index is 1.54. The Morgan fingerprint density at radius 2 is 1.97 bits per heavy atom. The van der Waals surface area contributed by atoms with Gasteiger partial charge in [-0.2, -0.15) is 0 Å². The van der Waals surface area contributed by atoms with Crippen molar-refractivity contribution >= 4 is 55.8 Å². The predicted molar refractivity (Wildman–Crippen MR) is 113 cm³/mol. The third-order valence-corrected chi connectivity index (χ3v) is 7.74. The van der Waals surface area contributed by atoms with Gasteiger partial charge in [-0.3, -0.25) is 19.8 Å². The number of thioether (sulfide) groups is 1. The van der Waals surface area contributed by atoms with Crippen LogP contribution in [0.15, 0.2) is 45.7 Å². The minimum atomic E-state index is -3.13. The van der Waals surface area contributed by atoms with Crippen molar-refractivity contribution < 1.29 is 22.6 Å². The molecule has 0 aliphatic carbocycles. The van der Waals surface area contributed by atoms with Gasteiger partial charge in [0.1, 0.15) is 15.8 Å². The SMILES string of the molecule is O=C1/C(=C/c2ccc(-c3ccc([N+](=O)[O-])cc3)o2)SC(=S)N1[C@H]1CCS(=O)(=O)C1. The number of nitro groups is 1. The second kappa shape index (κ2) is 7.39. The van der Waals surface area contributed by atoms with Gasteiger partial charge in [0, 0.05) is 23.8 Å². The standard InChI is InChI=1S/C18H14N2O6S3/c21-17-16(28-18(27)19(17)13-7-8-29(24,25)10-13)9-14-5-6-15(26-14)11-1-3-12(4-2-11)20(22)23/h1-6,9,13H,7-8,10H2/b16-9-/t13-/m0/s1. The summed E-state index contributed by atoms with van der Waals surface area (Å²) in [5.41, 5.74) is 0.650. The molecule has 1 amide bonds. The summed E-state index contributed by atoms with van der Waals surface area (Å²) in [6.07, 6.45) is 1.95. The Hall–Kier alpha value is -2.50. The molecule has 0 unspecified atom stereocenters. The first-order chi connectivity index (χ1) is 13.7. The van der Waals surface area contributed by atoms with Crippen molar-refractivity contribution in [2.24, 2.45) is 0 Å². The molecule has 0 saturated carbocycles. The van der Waals surface area contributed by atoms with Crippen LogP contribution in [0.3, 0.4) is 0 Å². The monoisotopic (exact) mass is 450 g/mol. The summed E-state index contributed by atoms with van der Waals surface area (Å²) in [5, 5.41) is 10.8. The highest BCUT2D eigenvalue weighted by Crippen LogP contribution is 2.37. The summed E-state index contributed by atoms with van der Waals surface area (Å²) in [6.45, 7) is 0. The van der Waals surface area contributed by atoms with Crippen molar-refractivity contribution in [2.45, 2.75) is 12.5 Å². The van der Waals surface area contributed by atoms with Gasteiger partial charge in [0.2, 0.25) is 0 Å². The Morgan fingerprint density at radius 1 is 1.24 bits per heavy atom. The molecule has 2 saturated heterocycles. The predicted octanol–water partition coefficient (Wildman–Crippen LogP) is 3.24. The van der Waals surface area contributed by atoms with E-state index in [9.17, 15) is 23.3 Å². The summed E-state index contributed by atoms with van der Waals surface area (Å²) < 4.78 is 29.5. The van der Waals surface area contributed by atoms with Crippen LogP contribution in [0, 0.1) is 10.1 Å². The highest BCUT2D eigenvalue weighted by molar-refractivity contribution is 8.26. The Bertz CT molecular complexity index is 1150. The van der Waals surface area contributed by atoms with Crippen LogP contribution < -0.4 is 0 Å². The van der Waals surface area contributed by atoms with Crippen molar-refractivity contribution in [3.05, 3.63) is 57.2 Å². The van der Waals surface area contributed by atoms with Crippen LogP contribution in [-0.4, -0.2) is 46.0 Å². The van der Waals surface area contributed by atoms with Crippen LogP contribution in [0.5, 0.6) is 0 Å². The van der Waals surface area contributed by atoms with E-state index in [1.807, 2.05) is 0 Å². The fourth-order valence-electron chi connectivity index (χ4n) is 3.24. The number of rotatable bonds is 4. The Kier molecular flexibility index (Phi) is 5.05. The summed E-state index contributed by atoms with van der Waals surface area (Å²) in [6, 6.07) is 8.91. The zero-order valence-electron chi connectivity index (χ0n) is 14.8. The minimum absolute atomic E-state index is 0.0156. The van der Waals surface area contributed by atoms with Gasteiger partial charge in [0.25, 0.3) is 11.6 Å². The maximum atomic E-state index is 12.7. The highest BCUT2D eigenvalue weighted by Gasteiger charge is 2.42. The fourth-order valence-corrected chi connectivity index (χ4v) is 6.32. The molecule has 1 aromatic heterocycles. The smallest absolute Gasteiger partial charge is 0.269 e. The number of hydrogen-bond acceptors (Lipinski definition) is 8.